The highest BCUT2D eigenvalue weighted by atomic mass is 16.5. The Morgan fingerprint density at radius 3 is 2.28 bits per heavy atom. The number of rotatable bonds is 9. The van der Waals surface area contributed by atoms with Crippen molar-refractivity contribution in [1.29, 1.82) is 0 Å². The van der Waals surface area contributed by atoms with Crippen LogP contribution in [0.1, 0.15) is 73.5 Å². The van der Waals surface area contributed by atoms with E-state index in [1.54, 1.807) is 36.2 Å². The number of morpholine rings is 1. The Hall–Kier alpha value is -5.71. The van der Waals surface area contributed by atoms with Gasteiger partial charge in [-0.1, -0.05) is 54.6 Å². The lowest BCUT2D eigenvalue weighted by Gasteiger charge is -2.40. The van der Waals surface area contributed by atoms with Crippen molar-refractivity contribution >= 4 is 23.4 Å². The lowest BCUT2D eigenvalue weighted by Crippen LogP contribution is -2.52. The second-order valence-electron chi connectivity index (χ2n) is 16.3. The van der Waals surface area contributed by atoms with E-state index in [9.17, 15) is 14.7 Å². The van der Waals surface area contributed by atoms with Gasteiger partial charge in [0, 0.05) is 93.5 Å². The number of fused-ring (bicyclic) bond motifs is 3. The predicted molar refractivity (Wildman–Crippen MR) is 224 cm³/mol. The highest BCUT2D eigenvalue weighted by molar-refractivity contribution is 6.08. The molecule has 0 spiro atoms. The average molecular weight is 778 g/mol. The normalized spacial score (nSPS) is 17.7. The van der Waals surface area contributed by atoms with E-state index in [0.717, 1.165) is 91.1 Å². The molecule has 10 heteroatoms. The van der Waals surface area contributed by atoms with Gasteiger partial charge in [-0.2, -0.15) is 0 Å². The van der Waals surface area contributed by atoms with Crippen LogP contribution in [0.4, 0.5) is 5.69 Å². The molecule has 298 valence electrons. The Balaban J connectivity index is 1.11. The number of aromatic nitrogens is 1. The largest absolute Gasteiger partial charge is 0.508 e. The minimum absolute atomic E-state index is 0.0279. The van der Waals surface area contributed by atoms with Crippen LogP contribution < -0.4 is 4.90 Å². The zero-order chi connectivity index (χ0) is 39.8. The van der Waals surface area contributed by atoms with Crippen molar-refractivity contribution in [2.45, 2.75) is 70.7 Å². The fourth-order valence-corrected chi connectivity index (χ4v) is 9.35. The van der Waals surface area contributed by atoms with Crippen LogP contribution in [-0.4, -0.2) is 88.0 Å². The molecule has 10 nitrogen and oxygen atoms in total. The molecular weight excluding hydrogens is 727 g/mol. The molecule has 9 rings (SSSR count). The Kier molecular flexibility index (Phi) is 10.6. The van der Waals surface area contributed by atoms with Crippen LogP contribution in [0, 0.1) is 0 Å². The summed E-state index contributed by atoms with van der Waals surface area (Å²) in [6.07, 6.45) is 4.56. The summed E-state index contributed by atoms with van der Waals surface area (Å²) in [5.41, 5.74) is 10.2. The number of carbonyl (C=O) groups is 3. The second-order valence-corrected chi connectivity index (χ2v) is 16.3. The van der Waals surface area contributed by atoms with E-state index >= 15 is 4.79 Å². The molecule has 5 heterocycles. The van der Waals surface area contributed by atoms with E-state index in [4.69, 9.17) is 4.74 Å². The molecule has 4 aromatic carbocycles. The number of anilines is 1. The standard InChI is InChI=1S/C48H51N5O5/c1-49(38-15-17-40(54)18-16-38)47(56)43-28-45(52-20-8-7-13-44(43)52)41-26-36-29-51(46(55)19-14-33-9-3-2-4-10-33)30-37(36)27-42(41)48(57)53-31-35-12-6-5-11-34(35)25-39(53)32-50-21-23-58-24-22-50/h2-6,9-12,15-18,26-28,39,54H,7-8,13-14,19-25,29-32H2,1H3. The number of carbonyl (C=O) groups excluding carboxylic acids is 3. The number of phenolic OH excluding ortho intramolecular Hbond substituents is 1. The van der Waals surface area contributed by atoms with Crippen LogP contribution in [0.2, 0.25) is 0 Å². The second kappa shape index (κ2) is 16.3. The van der Waals surface area contributed by atoms with Crippen molar-refractivity contribution in [2.75, 3.05) is 44.8 Å². The quantitative estimate of drug-likeness (QED) is 0.176. The number of hydrogen-bond acceptors (Lipinski definition) is 6. The molecule has 4 aliphatic rings. The smallest absolute Gasteiger partial charge is 0.259 e. The van der Waals surface area contributed by atoms with Gasteiger partial charge < -0.3 is 29.1 Å². The van der Waals surface area contributed by atoms with Crippen molar-refractivity contribution in [1.82, 2.24) is 19.3 Å². The average Bonchev–Trinajstić information content (AvgIpc) is 3.87. The predicted octanol–water partition coefficient (Wildman–Crippen LogP) is 6.85. The number of phenols is 1. The SMILES string of the molecule is CN(C(=O)c1cc(-c2cc3c(cc2C(=O)N2Cc4ccccc4CC2CN2CCOCC2)CN(C(=O)CCc2ccccc2)C3)n2c1CCCC2)c1ccc(O)cc1. The zero-order valence-corrected chi connectivity index (χ0v) is 33.2. The van der Waals surface area contributed by atoms with Gasteiger partial charge in [0.25, 0.3) is 11.8 Å². The summed E-state index contributed by atoms with van der Waals surface area (Å²) in [5.74, 6) is 0.0746. The third-order valence-electron chi connectivity index (χ3n) is 12.6. The van der Waals surface area contributed by atoms with Crippen LogP contribution in [0.5, 0.6) is 5.75 Å². The van der Waals surface area contributed by atoms with Crippen LogP contribution in [0.15, 0.2) is 97.1 Å². The topological polar surface area (TPSA) is 98.6 Å². The highest BCUT2D eigenvalue weighted by Gasteiger charge is 2.36. The van der Waals surface area contributed by atoms with Crippen molar-refractivity contribution in [3.05, 3.63) is 142 Å². The van der Waals surface area contributed by atoms with Gasteiger partial charge >= 0.3 is 0 Å². The molecule has 58 heavy (non-hydrogen) atoms. The number of aryl methyl sites for hydroxylation is 1. The Bertz CT molecular complexity index is 2330. The summed E-state index contributed by atoms with van der Waals surface area (Å²) in [6, 6.07) is 31.4. The number of hydrogen-bond donors (Lipinski definition) is 1. The van der Waals surface area contributed by atoms with E-state index in [2.05, 4.69) is 62.9 Å². The fourth-order valence-electron chi connectivity index (χ4n) is 9.35. The molecule has 0 bridgehead atoms. The molecule has 3 amide bonds. The molecule has 0 saturated carbocycles. The molecule has 4 aliphatic heterocycles. The highest BCUT2D eigenvalue weighted by Crippen LogP contribution is 2.39. The summed E-state index contributed by atoms with van der Waals surface area (Å²) < 4.78 is 7.94. The first-order chi connectivity index (χ1) is 28.3. The molecule has 1 atom stereocenters. The summed E-state index contributed by atoms with van der Waals surface area (Å²) in [7, 11) is 1.76. The first-order valence-electron chi connectivity index (χ1n) is 20.8. The molecule has 1 unspecified atom stereocenters. The molecule has 0 radical (unpaired) electrons. The number of aromatic hydroxyl groups is 1. The van der Waals surface area contributed by atoms with E-state index < -0.39 is 0 Å². The zero-order valence-electron chi connectivity index (χ0n) is 33.2. The third-order valence-corrected chi connectivity index (χ3v) is 12.6. The molecular formula is C48H51N5O5. The van der Waals surface area contributed by atoms with Gasteiger partial charge in [0.1, 0.15) is 5.75 Å². The first-order valence-corrected chi connectivity index (χ1v) is 20.8. The molecule has 5 aromatic rings. The van der Waals surface area contributed by atoms with E-state index in [1.165, 1.54) is 5.56 Å². The molecule has 1 aromatic heterocycles. The van der Waals surface area contributed by atoms with E-state index in [1.807, 2.05) is 29.2 Å². The number of nitrogens with zero attached hydrogens (tertiary/aromatic N) is 5. The van der Waals surface area contributed by atoms with Crippen LogP contribution >= 0.6 is 0 Å². The van der Waals surface area contributed by atoms with E-state index in [0.29, 0.717) is 62.5 Å². The van der Waals surface area contributed by atoms with Gasteiger partial charge in [0.05, 0.1) is 18.8 Å². The van der Waals surface area contributed by atoms with Gasteiger partial charge in [-0.05, 0) is 102 Å². The number of ether oxygens (including phenoxy) is 1. The van der Waals surface area contributed by atoms with Crippen molar-refractivity contribution in [3.8, 4) is 17.0 Å². The third kappa shape index (κ3) is 7.54. The van der Waals surface area contributed by atoms with Crippen LogP contribution in [-0.2, 0) is 55.0 Å². The Morgan fingerprint density at radius 2 is 1.50 bits per heavy atom. The summed E-state index contributed by atoms with van der Waals surface area (Å²) in [4.78, 5) is 51.5. The van der Waals surface area contributed by atoms with Crippen molar-refractivity contribution < 1.29 is 24.2 Å². The lowest BCUT2D eigenvalue weighted by atomic mass is 9.91. The fraction of sp³-hybridized carbons (Fsp3) is 0.354. The molecule has 1 saturated heterocycles. The van der Waals surface area contributed by atoms with Crippen LogP contribution in [0.3, 0.4) is 0 Å². The van der Waals surface area contributed by atoms with Crippen molar-refractivity contribution in [3.63, 3.8) is 0 Å². The van der Waals surface area contributed by atoms with Gasteiger partial charge in [-0.3, -0.25) is 19.3 Å². The van der Waals surface area contributed by atoms with Gasteiger partial charge in [-0.15, -0.1) is 0 Å². The maximum absolute atomic E-state index is 15.5. The Morgan fingerprint density at radius 1 is 0.776 bits per heavy atom. The van der Waals surface area contributed by atoms with Gasteiger partial charge in [0.15, 0.2) is 0 Å². The van der Waals surface area contributed by atoms with Crippen molar-refractivity contribution in [2.24, 2.45) is 0 Å². The minimum Gasteiger partial charge on any atom is -0.508 e. The molecule has 1 fully saturated rings. The monoisotopic (exact) mass is 777 g/mol. The molecule has 0 aliphatic carbocycles. The summed E-state index contributed by atoms with van der Waals surface area (Å²) >= 11 is 0. The maximum Gasteiger partial charge on any atom is 0.259 e. The van der Waals surface area contributed by atoms with E-state index in [-0.39, 0.29) is 29.5 Å². The Labute approximate surface area is 340 Å². The first kappa shape index (κ1) is 37.8. The molecule has 1 N–H and O–H groups in total. The van der Waals surface area contributed by atoms with Gasteiger partial charge in [0.2, 0.25) is 5.91 Å². The summed E-state index contributed by atoms with van der Waals surface area (Å²) in [6.45, 7) is 6.00. The lowest BCUT2D eigenvalue weighted by molar-refractivity contribution is -0.131. The van der Waals surface area contributed by atoms with Gasteiger partial charge in [-0.25, -0.2) is 0 Å². The minimum atomic E-state index is -0.134. The number of amides is 3. The number of benzene rings is 4. The maximum atomic E-state index is 15.5. The van der Waals surface area contributed by atoms with Crippen LogP contribution in [0.25, 0.3) is 11.3 Å². The summed E-state index contributed by atoms with van der Waals surface area (Å²) in [5, 5.41) is 9.91.